The highest BCUT2D eigenvalue weighted by molar-refractivity contribution is 7.80. The summed E-state index contributed by atoms with van der Waals surface area (Å²) in [6, 6.07) is 7.82. The Bertz CT molecular complexity index is 474. The van der Waals surface area contributed by atoms with Crippen molar-refractivity contribution in [1.82, 2.24) is 10.2 Å². The minimum Gasteiger partial charge on any atom is -0.389 e. The van der Waals surface area contributed by atoms with E-state index in [1.54, 1.807) is 0 Å². The molecule has 0 bridgehead atoms. The fraction of sp³-hybridized carbons (Fsp3) is 0.385. The molecular formula is C13H18N4OS. The fourth-order valence-electron chi connectivity index (χ4n) is 2.00. The van der Waals surface area contributed by atoms with E-state index in [0.29, 0.717) is 4.99 Å². The molecule has 0 saturated carbocycles. The summed E-state index contributed by atoms with van der Waals surface area (Å²) in [5.41, 5.74) is 7.51. The van der Waals surface area contributed by atoms with Crippen LogP contribution in [0.3, 0.4) is 0 Å². The molecule has 1 fully saturated rings. The van der Waals surface area contributed by atoms with E-state index in [9.17, 15) is 4.79 Å². The normalized spacial score (nSPS) is 14.4. The first-order valence-corrected chi connectivity index (χ1v) is 6.62. The predicted molar refractivity (Wildman–Crippen MR) is 80.6 cm³/mol. The highest BCUT2D eigenvalue weighted by Crippen LogP contribution is 2.13. The molecule has 1 aromatic carbocycles. The van der Waals surface area contributed by atoms with Crippen molar-refractivity contribution < 1.29 is 4.79 Å². The summed E-state index contributed by atoms with van der Waals surface area (Å²) < 4.78 is 0. The van der Waals surface area contributed by atoms with Gasteiger partial charge < -0.3 is 20.9 Å². The second-order valence-corrected chi connectivity index (χ2v) is 4.99. The molecule has 0 aliphatic carbocycles. The summed E-state index contributed by atoms with van der Waals surface area (Å²) in [6.07, 6.45) is 0. The van der Waals surface area contributed by atoms with Crippen LogP contribution in [0.1, 0.15) is 5.56 Å². The van der Waals surface area contributed by atoms with E-state index >= 15 is 0 Å². The predicted octanol–water partition coefficient (Wildman–Crippen LogP) is 0.782. The minimum absolute atomic E-state index is 0.0252. The summed E-state index contributed by atoms with van der Waals surface area (Å²) in [5, 5.41) is 2.79. The maximum absolute atomic E-state index is 11.4. The molecule has 3 N–H and O–H groups in total. The zero-order chi connectivity index (χ0) is 13.8. The zero-order valence-electron chi connectivity index (χ0n) is 10.9. The molecule has 0 radical (unpaired) electrons. The number of carbonyl (C=O) groups is 1. The van der Waals surface area contributed by atoms with E-state index in [1.807, 2.05) is 36.2 Å². The molecule has 1 aliphatic rings. The van der Waals surface area contributed by atoms with Gasteiger partial charge in [0.05, 0.1) is 0 Å². The largest absolute Gasteiger partial charge is 0.389 e. The first kappa shape index (κ1) is 13.6. The summed E-state index contributed by atoms with van der Waals surface area (Å²) in [6.45, 7) is 3.04. The monoisotopic (exact) mass is 278 g/mol. The smallest absolute Gasteiger partial charge is 0.317 e. The van der Waals surface area contributed by atoms with Crippen molar-refractivity contribution in [2.24, 2.45) is 5.73 Å². The number of likely N-dealkylation sites (N-methyl/N-ethyl adjacent to an activating group) is 1. The first-order valence-electron chi connectivity index (χ1n) is 6.21. The number of hydrogen-bond donors (Lipinski definition) is 2. The van der Waals surface area contributed by atoms with Crippen molar-refractivity contribution in [3.8, 4) is 0 Å². The van der Waals surface area contributed by atoms with Crippen LogP contribution in [0.2, 0.25) is 0 Å². The molecule has 0 unspecified atom stereocenters. The molecule has 2 rings (SSSR count). The summed E-state index contributed by atoms with van der Waals surface area (Å²) in [5.74, 6) is 0. The van der Waals surface area contributed by atoms with Crippen LogP contribution in [0.25, 0.3) is 0 Å². The van der Waals surface area contributed by atoms with Gasteiger partial charge in [-0.3, -0.25) is 0 Å². The third kappa shape index (κ3) is 3.35. The molecule has 0 spiro atoms. The van der Waals surface area contributed by atoms with Crippen molar-refractivity contribution in [3.05, 3.63) is 29.8 Å². The molecule has 5 nitrogen and oxygen atoms in total. The number of nitrogens with zero attached hydrogens (tertiary/aromatic N) is 2. The van der Waals surface area contributed by atoms with Crippen LogP contribution in [0.15, 0.2) is 24.3 Å². The van der Waals surface area contributed by atoms with Gasteiger partial charge in [-0.15, -0.1) is 0 Å². The molecule has 1 saturated heterocycles. The number of nitrogens with two attached hydrogens (primary N) is 1. The maximum Gasteiger partial charge on any atom is 0.317 e. The topological polar surface area (TPSA) is 61.6 Å². The third-order valence-electron chi connectivity index (χ3n) is 3.24. The van der Waals surface area contributed by atoms with Crippen LogP contribution in [0, 0.1) is 0 Å². The Kier molecular flexibility index (Phi) is 4.21. The highest BCUT2D eigenvalue weighted by Gasteiger charge is 2.19. The Balaban J connectivity index is 1.90. The van der Waals surface area contributed by atoms with Crippen LogP contribution in [0.5, 0.6) is 0 Å². The molecule has 1 heterocycles. The lowest BCUT2D eigenvalue weighted by atomic mass is 10.2. The Morgan fingerprint density at radius 1 is 1.47 bits per heavy atom. The number of urea groups is 1. The number of benzene rings is 1. The van der Waals surface area contributed by atoms with Gasteiger partial charge in [0.2, 0.25) is 0 Å². The van der Waals surface area contributed by atoms with Gasteiger partial charge in [-0.25, -0.2) is 4.79 Å². The molecule has 1 aromatic rings. The Labute approximate surface area is 118 Å². The van der Waals surface area contributed by atoms with Gasteiger partial charge in [0.1, 0.15) is 4.99 Å². The van der Waals surface area contributed by atoms with Crippen molar-refractivity contribution >= 4 is 28.9 Å². The molecule has 19 heavy (non-hydrogen) atoms. The van der Waals surface area contributed by atoms with Crippen LogP contribution in [0.4, 0.5) is 10.5 Å². The van der Waals surface area contributed by atoms with Gasteiger partial charge in [-0.05, 0) is 24.3 Å². The van der Waals surface area contributed by atoms with E-state index in [0.717, 1.165) is 37.4 Å². The van der Waals surface area contributed by atoms with E-state index in [2.05, 4.69) is 10.2 Å². The quantitative estimate of drug-likeness (QED) is 0.782. The molecule has 102 valence electrons. The molecule has 1 aliphatic heterocycles. The molecule has 6 heteroatoms. The van der Waals surface area contributed by atoms with Crippen molar-refractivity contribution in [3.63, 3.8) is 0 Å². The van der Waals surface area contributed by atoms with Crippen LogP contribution in [-0.2, 0) is 0 Å². The zero-order valence-corrected chi connectivity index (χ0v) is 11.7. The average molecular weight is 278 g/mol. The summed E-state index contributed by atoms with van der Waals surface area (Å²) in [4.78, 5) is 15.7. The average Bonchev–Trinajstić information content (AvgIpc) is 2.81. The maximum atomic E-state index is 11.4. The highest BCUT2D eigenvalue weighted by atomic mass is 32.1. The van der Waals surface area contributed by atoms with E-state index in [4.69, 9.17) is 18.0 Å². The molecular weight excluding hydrogens is 260 g/mol. The number of anilines is 1. The van der Waals surface area contributed by atoms with Crippen molar-refractivity contribution in [2.45, 2.75) is 0 Å². The molecule has 0 aromatic heterocycles. The minimum atomic E-state index is 0.0252. The molecule has 2 amide bonds. The Hall–Kier alpha value is -1.82. The lowest BCUT2D eigenvalue weighted by Gasteiger charge is -2.23. The third-order valence-corrected chi connectivity index (χ3v) is 3.48. The fourth-order valence-corrected chi connectivity index (χ4v) is 2.14. The van der Waals surface area contributed by atoms with E-state index < -0.39 is 0 Å². The second kappa shape index (κ2) is 5.88. The number of hydrogen-bond acceptors (Lipinski definition) is 3. The Morgan fingerprint density at radius 3 is 2.68 bits per heavy atom. The van der Waals surface area contributed by atoms with Gasteiger partial charge in [0.25, 0.3) is 0 Å². The standard InChI is InChI=1S/C13H18N4OS/c1-16(8-9-17-7-6-15-13(17)18)11-4-2-10(3-5-11)12(14)19/h2-5H,6-9H2,1H3,(H2,14,19)(H,15,18). The van der Waals surface area contributed by atoms with Gasteiger partial charge in [-0.1, -0.05) is 12.2 Å². The van der Waals surface area contributed by atoms with Crippen LogP contribution >= 0.6 is 12.2 Å². The van der Waals surface area contributed by atoms with Crippen molar-refractivity contribution in [1.29, 1.82) is 0 Å². The van der Waals surface area contributed by atoms with Gasteiger partial charge in [0, 0.05) is 44.5 Å². The summed E-state index contributed by atoms with van der Waals surface area (Å²) >= 11 is 4.92. The molecule has 0 atom stereocenters. The first-order chi connectivity index (χ1) is 9.08. The SMILES string of the molecule is CN(CCN1CCNC1=O)c1ccc(C(N)=S)cc1. The summed E-state index contributed by atoms with van der Waals surface area (Å²) in [7, 11) is 2.00. The number of nitrogens with one attached hydrogen (secondary N) is 1. The van der Waals surface area contributed by atoms with Crippen molar-refractivity contribution in [2.75, 3.05) is 38.1 Å². The van der Waals surface area contributed by atoms with E-state index in [1.165, 1.54) is 0 Å². The van der Waals surface area contributed by atoms with E-state index in [-0.39, 0.29) is 6.03 Å². The number of rotatable bonds is 5. The van der Waals surface area contributed by atoms with Crippen LogP contribution < -0.4 is 16.0 Å². The number of amides is 2. The lowest BCUT2D eigenvalue weighted by molar-refractivity contribution is 0.218. The number of carbonyl (C=O) groups excluding carboxylic acids is 1. The van der Waals surface area contributed by atoms with Crippen LogP contribution in [-0.4, -0.2) is 49.1 Å². The Morgan fingerprint density at radius 2 is 2.16 bits per heavy atom. The number of thiocarbonyl (C=S) groups is 1. The van der Waals surface area contributed by atoms with Gasteiger partial charge in [0.15, 0.2) is 0 Å². The van der Waals surface area contributed by atoms with Gasteiger partial charge >= 0.3 is 6.03 Å². The lowest BCUT2D eigenvalue weighted by Crippen LogP contribution is -2.35. The second-order valence-electron chi connectivity index (χ2n) is 4.55. The van der Waals surface area contributed by atoms with Gasteiger partial charge in [-0.2, -0.15) is 0 Å².